The van der Waals surface area contributed by atoms with Gasteiger partial charge in [0.25, 0.3) is 0 Å². The molecule has 1 saturated carbocycles. The van der Waals surface area contributed by atoms with Gasteiger partial charge in [0.15, 0.2) is 0 Å². The molecule has 0 N–H and O–H groups in total. The quantitative estimate of drug-likeness (QED) is 0.319. The van der Waals surface area contributed by atoms with Gasteiger partial charge in [-0.1, -0.05) is 37.5 Å². The van der Waals surface area contributed by atoms with E-state index < -0.39 is 29.1 Å². The zero-order chi connectivity index (χ0) is 16.2. The van der Waals surface area contributed by atoms with Gasteiger partial charge < -0.3 is 4.74 Å². The number of imide groups is 1. The number of carbonyl (C=O) groups is 3. The minimum atomic E-state index is -0.897. The summed E-state index contributed by atoms with van der Waals surface area (Å²) < 4.78 is 5.39. The summed E-state index contributed by atoms with van der Waals surface area (Å²) in [4.78, 5) is 39.3. The second-order valence-corrected chi connectivity index (χ2v) is 6.83. The monoisotopic (exact) mass is 313 g/mol. The fourth-order valence-corrected chi connectivity index (χ4v) is 4.66. The molecule has 4 rings (SSSR count). The van der Waals surface area contributed by atoms with Crippen molar-refractivity contribution in [3.05, 3.63) is 29.8 Å². The molecule has 2 fully saturated rings. The largest absolute Gasteiger partial charge is 0.426 e. The maximum absolute atomic E-state index is 13.0. The summed E-state index contributed by atoms with van der Waals surface area (Å²) in [5, 5.41) is 0. The molecular weight excluding hydrogens is 294 g/mol. The van der Waals surface area contributed by atoms with Gasteiger partial charge in [0.1, 0.15) is 11.7 Å². The minimum absolute atomic E-state index is 0.132. The molecule has 1 aromatic carbocycles. The zero-order valence-corrected chi connectivity index (χ0v) is 13.1. The van der Waals surface area contributed by atoms with Gasteiger partial charge in [-0.3, -0.25) is 19.3 Å². The van der Waals surface area contributed by atoms with Crippen molar-refractivity contribution >= 4 is 17.8 Å². The fraction of sp³-hybridized carbons (Fsp3) is 0.500. The number of likely N-dealkylation sites (tertiary alicyclic amines) is 1. The number of fused-ring (bicyclic) bond motifs is 4. The Bertz CT molecular complexity index is 705. The molecule has 0 bridgehead atoms. The summed E-state index contributed by atoms with van der Waals surface area (Å²) >= 11 is 0. The number of para-hydroxylation sites is 1. The van der Waals surface area contributed by atoms with E-state index in [1.807, 2.05) is 12.1 Å². The van der Waals surface area contributed by atoms with Crippen molar-refractivity contribution in [2.24, 2.45) is 11.3 Å². The summed E-state index contributed by atoms with van der Waals surface area (Å²) in [5.74, 6) is -1.89. The first-order valence-corrected chi connectivity index (χ1v) is 8.19. The summed E-state index contributed by atoms with van der Waals surface area (Å²) in [6, 6.07) is 7.31. The van der Waals surface area contributed by atoms with Gasteiger partial charge in [-0.2, -0.15) is 0 Å². The van der Waals surface area contributed by atoms with Crippen LogP contribution in [0.15, 0.2) is 24.3 Å². The van der Waals surface area contributed by atoms with E-state index in [1.165, 1.54) is 7.05 Å². The van der Waals surface area contributed by atoms with E-state index in [0.29, 0.717) is 5.75 Å². The van der Waals surface area contributed by atoms with Gasteiger partial charge in [0, 0.05) is 18.5 Å². The van der Waals surface area contributed by atoms with Crippen molar-refractivity contribution in [3.63, 3.8) is 0 Å². The Morgan fingerprint density at radius 2 is 1.78 bits per heavy atom. The molecule has 2 atom stereocenters. The van der Waals surface area contributed by atoms with Crippen molar-refractivity contribution < 1.29 is 19.1 Å². The maximum atomic E-state index is 13.0. The molecule has 3 aliphatic rings. The maximum Gasteiger partial charge on any atom is 0.324 e. The van der Waals surface area contributed by atoms with Crippen LogP contribution in [0.25, 0.3) is 0 Å². The van der Waals surface area contributed by atoms with Crippen LogP contribution in [0, 0.1) is 11.3 Å². The molecule has 23 heavy (non-hydrogen) atoms. The summed E-state index contributed by atoms with van der Waals surface area (Å²) in [6.45, 7) is 0. The highest BCUT2D eigenvalue weighted by Gasteiger charge is 2.62. The van der Waals surface area contributed by atoms with Crippen molar-refractivity contribution in [2.75, 3.05) is 7.05 Å². The molecule has 2 amide bonds. The summed E-state index contributed by atoms with van der Waals surface area (Å²) in [5.41, 5.74) is 0.176. The number of ether oxygens (including phenoxy) is 1. The lowest BCUT2D eigenvalue weighted by Crippen LogP contribution is -2.61. The van der Waals surface area contributed by atoms with Crippen LogP contribution in [0.2, 0.25) is 0 Å². The van der Waals surface area contributed by atoms with E-state index in [-0.39, 0.29) is 5.91 Å². The van der Waals surface area contributed by atoms with Crippen LogP contribution in [-0.4, -0.2) is 29.7 Å². The van der Waals surface area contributed by atoms with Crippen LogP contribution in [0.5, 0.6) is 5.75 Å². The Morgan fingerprint density at radius 1 is 1.09 bits per heavy atom. The highest BCUT2D eigenvalue weighted by atomic mass is 16.5. The molecule has 2 aliphatic heterocycles. The van der Waals surface area contributed by atoms with Gasteiger partial charge in [-0.05, 0) is 18.9 Å². The Kier molecular flexibility index (Phi) is 3.08. The van der Waals surface area contributed by atoms with Crippen molar-refractivity contribution in [3.8, 4) is 5.75 Å². The van der Waals surface area contributed by atoms with Crippen LogP contribution in [0.1, 0.15) is 43.6 Å². The first kappa shape index (κ1) is 14.4. The minimum Gasteiger partial charge on any atom is -0.426 e. The number of rotatable bonds is 0. The molecule has 2 heterocycles. The Morgan fingerprint density at radius 3 is 2.52 bits per heavy atom. The van der Waals surface area contributed by atoms with Crippen LogP contribution < -0.4 is 4.74 Å². The third-order valence-corrected chi connectivity index (χ3v) is 5.72. The normalized spacial score (nSPS) is 29.1. The molecule has 1 aromatic rings. The lowest BCUT2D eigenvalue weighted by atomic mass is 9.56. The summed E-state index contributed by atoms with van der Waals surface area (Å²) in [6.07, 6.45) is 4.46. The number of carbonyl (C=O) groups excluding carboxylic acids is 3. The third-order valence-electron chi connectivity index (χ3n) is 5.72. The average Bonchev–Trinajstić information content (AvgIpc) is 2.58. The van der Waals surface area contributed by atoms with Gasteiger partial charge in [-0.25, -0.2) is 0 Å². The van der Waals surface area contributed by atoms with E-state index in [2.05, 4.69) is 0 Å². The lowest BCUT2D eigenvalue weighted by Gasteiger charge is -2.51. The molecule has 1 saturated heterocycles. The summed E-state index contributed by atoms with van der Waals surface area (Å²) in [7, 11) is 1.49. The van der Waals surface area contributed by atoms with E-state index in [0.717, 1.165) is 42.6 Å². The van der Waals surface area contributed by atoms with Crippen LogP contribution in [-0.2, 0) is 14.4 Å². The zero-order valence-electron chi connectivity index (χ0n) is 13.1. The van der Waals surface area contributed by atoms with Crippen molar-refractivity contribution in [1.29, 1.82) is 0 Å². The standard InChI is InChI=1S/C18H19NO4/c1-19-15(20)13-14(18(17(19)22)9-5-2-6-10-18)11-7-3-4-8-12(11)23-16(13)21/h3-4,7-8,13-14H,2,5-6,9-10H2,1H3. The number of nitrogens with zero attached hydrogens (tertiary/aromatic N) is 1. The highest BCUT2D eigenvalue weighted by molar-refractivity contribution is 6.11. The molecule has 2 unspecified atom stereocenters. The Labute approximate surface area is 134 Å². The molecule has 120 valence electrons. The second-order valence-electron chi connectivity index (χ2n) is 6.83. The molecule has 0 radical (unpaired) electrons. The number of esters is 1. The third kappa shape index (κ3) is 1.82. The van der Waals surface area contributed by atoms with Crippen molar-refractivity contribution in [1.82, 2.24) is 4.90 Å². The predicted molar refractivity (Wildman–Crippen MR) is 81.6 cm³/mol. The predicted octanol–water partition coefficient (Wildman–Crippen LogP) is 2.25. The van der Waals surface area contributed by atoms with E-state index in [4.69, 9.17) is 4.74 Å². The van der Waals surface area contributed by atoms with Crippen molar-refractivity contribution in [2.45, 2.75) is 38.0 Å². The molecule has 5 nitrogen and oxygen atoms in total. The molecular formula is C18H19NO4. The molecule has 1 aliphatic carbocycles. The van der Waals surface area contributed by atoms with Gasteiger partial charge in [0.05, 0.1) is 5.41 Å². The van der Waals surface area contributed by atoms with Gasteiger partial charge in [0.2, 0.25) is 11.8 Å². The molecule has 0 aromatic heterocycles. The smallest absolute Gasteiger partial charge is 0.324 e. The van der Waals surface area contributed by atoms with Crippen LogP contribution in [0.4, 0.5) is 0 Å². The second kappa shape index (κ2) is 4.91. The van der Waals surface area contributed by atoms with E-state index in [9.17, 15) is 14.4 Å². The number of piperidine rings is 1. The molecule has 1 spiro atoms. The molecule has 5 heteroatoms. The first-order chi connectivity index (χ1) is 11.1. The number of hydrogen-bond acceptors (Lipinski definition) is 4. The fourth-order valence-electron chi connectivity index (χ4n) is 4.66. The lowest BCUT2D eigenvalue weighted by molar-refractivity contribution is -0.171. The SMILES string of the molecule is CN1C(=O)C2C(=O)Oc3ccccc3C2C2(CCCCC2)C1=O. The Hall–Kier alpha value is -2.17. The number of hydrogen-bond donors (Lipinski definition) is 0. The highest BCUT2D eigenvalue weighted by Crippen LogP contribution is 2.57. The van der Waals surface area contributed by atoms with Gasteiger partial charge >= 0.3 is 5.97 Å². The topological polar surface area (TPSA) is 63.7 Å². The number of amides is 2. The van der Waals surface area contributed by atoms with Crippen LogP contribution >= 0.6 is 0 Å². The Balaban J connectivity index is 1.94. The van der Waals surface area contributed by atoms with E-state index >= 15 is 0 Å². The average molecular weight is 313 g/mol. The van der Waals surface area contributed by atoms with Crippen LogP contribution in [0.3, 0.4) is 0 Å². The first-order valence-electron chi connectivity index (χ1n) is 8.19. The number of benzene rings is 1. The van der Waals surface area contributed by atoms with Gasteiger partial charge in [-0.15, -0.1) is 0 Å². The van der Waals surface area contributed by atoms with E-state index in [1.54, 1.807) is 12.1 Å².